The molecule has 0 aliphatic carbocycles. The summed E-state index contributed by atoms with van der Waals surface area (Å²) in [5.41, 5.74) is 0.288. The van der Waals surface area contributed by atoms with Gasteiger partial charge in [-0.3, -0.25) is 0 Å². The van der Waals surface area contributed by atoms with Crippen LogP contribution in [-0.2, 0) is 9.31 Å². The summed E-state index contributed by atoms with van der Waals surface area (Å²) in [5, 5.41) is 3.19. The molecule has 0 atom stereocenters. The molecule has 6 heteroatoms. The average molecular weight is 303 g/mol. The quantitative estimate of drug-likeness (QED) is 0.866. The highest BCUT2D eigenvalue weighted by atomic mass is 16.7. The highest BCUT2D eigenvalue weighted by Gasteiger charge is 2.52. The summed E-state index contributed by atoms with van der Waals surface area (Å²) < 4.78 is 12.3. The topological polar surface area (TPSA) is 46.6 Å². The number of hydrogen-bond acceptors (Lipinski definition) is 5. The van der Waals surface area contributed by atoms with E-state index in [0.29, 0.717) is 0 Å². The van der Waals surface area contributed by atoms with E-state index in [1.807, 2.05) is 7.05 Å². The predicted molar refractivity (Wildman–Crippen MR) is 90.9 cm³/mol. The summed E-state index contributed by atoms with van der Waals surface area (Å²) >= 11 is 0. The Morgan fingerprint density at radius 2 is 1.68 bits per heavy atom. The number of nitrogens with one attached hydrogen (secondary N) is 1. The third kappa shape index (κ3) is 2.59. The first-order valence-corrected chi connectivity index (χ1v) is 8.13. The van der Waals surface area contributed by atoms with E-state index in [9.17, 15) is 0 Å². The van der Waals surface area contributed by atoms with Gasteiger partial charge in [0.1, 0.15) is 11.6 Å². The molecule has 0 unspecified atom stereocenters. The lowest BCUT2D eigenvalue weighted by atomic mass is 9.79. The van der Waals surface area contributed by atoms with Crippen molar-refractivity contribution in [3.63, 3.8) is 0 Å². The fourth-order valence-corrected chi connectivity index (χ4v) is 2.94. The highest BCUT2D eigenvalue weighted by Crippen LogP contribution is 2.37. The maximum Gasteiger partial charge on any atom is 0.498 e. The molecule has 120 valence electrons. The predicted octanol–water partition coefficient (Wildman–Crippen LogP) is 2.02. The zero-order chi connectivity index (χ0) is 16.0. The van der Waals surface area contributed by atoms with Gasteiger partial charge in [-0.2, -0.15) is 0 Å². The maximum absolute atomic E-state index is 6.14. The highest BCUT2D eigenvalue weighted by molar-refractivity contribution is 6.63. The van der Waals surface area contributed by atoms with Gasteiger partial charge in [0.25, 0.3) is 0 Å². The van der Waals surface area contributed by atoms with Crippen molar-refractivity contribution < 1.29 is 9.31 Å². The molecule has 3 heterocycles. The Kier molecular flexibility index (Phi) is 3.85. The lowest BCUT2D eigenvalue weighted by Gasteiger charge is -2.32. The summed E-state index contributed by atoms with van der Waals surface area (Å²) in [4.78, 5) is 7.10. The molecular weight excluding hydrogens is 277 g/mol. The normalized spacial score (nSPS) is 23.1. The zero-order valence-electron chi connectivity index (χ0n) is 14.3. The SMILES string of the molecule is CNc1nc(N2CCCC2)ccc1B1OC(C)(C)C(C)(C)O1. The van der Waals surface area contributed by atoms with Crippen LogP contribution in [0.3, 0.4) is 0 Å². The van der Waals surface area contributed by atoms with Crippen molar-refractivity contribution in [3.05, 3.63) is 12.1 Å². The number of nitrogens with zero attached hydrogens (tertiary/aromatic N) is 2. The molecule has 0 saturated carbocycles. The van der Waals surface area contributed by atoms with Crippen LogP contribution in [-0.4, -0.2) is 43.4 Å². The summed E-state index contributed by atoms with van der Waals surface area (Å²) in [6, 6.07) is 4.15. The number of anilines is 2. The van der Waals surface area contributed by atoms with E-state index in [1.165, 1.54) is 12.8 Å². The monoisotopic (exact) mass is 303 g/mol. The van der Waals surface area contributed by atoms with Gasteiger partial charge in [-0.1, -0.05) is 6.07 Å². The first-order chi connectivity index (χ1) is 10.3. The first kappa shape index (κ1) is 15.6. The molecule has 1 aromatic rings. The average Bonchev–Trinajstić information content (AvgIpc) is 3.05. The van der Waals surface area contributed by atoms with Crippen LogP contribution in [0.4, 0.5) is 11.6 Å². The van der Waals surface area contributed by atoms with Crippen molar-refractivity contribution in [1.29, 1.82) is 0 Å². The van der Waals surface area contributed by atoms with Gasteiger partial charge in [-0.05, 0) is 46.6 Å². The van der Waals surface area contributed by atoms with Crippen molar-refractivity contribution in [2.45, 2.75) is 51.7 Å². The van der Waals surface area contributed by atoms with Gasteiger partial charge in [-0.15, -0.1) is 0 Å². The van der Waals surface area contributed by atoms with Crippen LogP contribution in [0.1, 0.15) is 40.5 Å². The third-order valence-corrected chi connectivity index (χ3v) is 5.09. The number of pyridine rings is 1. The second-order valence-electron chi connectivity index (χ2n) is 7.14. The third-order valence-electron chi connectivity index (χ3n) is 5.09. The van der Waals surface area contributed by atoms with Crippen LogP contribution in [0, 0.1) is 0 Å². The molecule has 2 aliphatic heterocycles. The van der Waals surface area contributed by atoms with E-state index in [1.54, 1.807) is 0 Å². The fourth-order valence-electron chi connectivity index (χ4n) is 2.94. The van der Waals surface area contributed by atoms with Crippen LogP contribution in [0.5, 0.6) is 0 Å². The minimum absolute atomic E-state index is 0.337. The molecule has 1 aromatic heterocycles. The smallest absolute Gasteiger partial charge is 0.399 e. The molecule has 0 aromatic carbocycles. The minimum Gasteiger partial charge on any atom is -0.399 e. The molecular formula is C16H26BN3O2. The van der Waals surface area contributed by atoms with Crippen LogP contribution in [0.2, 0.25) is 0 Å². The molecule has 0 bridgehead atoms. The molecule has 0 spiro atoms. The summed E-state index contributed by atoms with van der Waals surface area (Å²) in [7, 11) is 1.51. The van der Waals surface area contributed by atoms with E-state index < -0.39 is 0 Å². The summed E-state index contributed by atoms with van der Waals surface area (Å²) in [6.07, 6.45) is 2.49. The lowest BCUT2D eigenvalue weighted by molar-refractivity contribution is 0.00578. The second kappa shape index (κ2) is 5.42. The van der Waals surface area contributed by atoms with Gasteiger partial charge >= 0.3 is 7.12 Å². The molecule has 2 fully saturated rings. The molecule has 0 radical (unpaired) electrons. The Bertz CT molecular complexity index is 540. The molecule has 2 saturated heterocycles. The van der Waals surface area contributed by atoms with E-state index in [4.69, 9.17) is 14.3 Å². The Balaban J connectivity index is 1.88. The van der Waals surface area contributed by atoms with E-state index >= 15 is 0 Å². The van der Waals surface area contributed by atoms with Crippen LogP contribution < -0.4 is 15.7 Å². The minimum atomic E-state index is -0.382. The van der Waals surface area contributed by atoms with Gasteiger partial charge in [0.2, 0.25) is 0 Å². The van der Waals surface area contributed by atoms with Crippen LogP contribution in [0.15, 0.2) is 12.1 Å². The van der Waals surface area contributed by atoms with E-state index in [0.717, 1.165) is 30.2 Å². The van der Waals surface area contributed by atoms with Crippen molar-refractivity contribution >= 4 is 24.2 Å². The van der Waals surface area contributed by atoms with Crippen molar-refractivity contribution in [2.75, 3.05) is 30.4 Å². The number of rotatable bonds is 3. The van der Waals surface area contributed by atoms with E-state index in [2.05, 4.69) is 50.0 Å². The Labute approximate surface area is 133 Å². The number of aromatic nitrogens is 1. The molecule has 3 rings (SSSR count). The Morgan fingerprint density at radius 3 is 2.23 bits per heavy atom. The van der Waals surface area contributed by atoms with Gasteiger partial charge in [0, 0.05) is 25.6 Å². The summed E-state index contributed by atoms with van der Waals surface area (Å²) in [5.74, 6) is 1.87. The molecule has 0 amide bonds. The zero-order valence-corrected chi connectivity index (χ0v) is 14.3. The van der Waals surface area contributed by atoms with Gasteiger partial charge in [-0.25, -0.2) is 4.98 Å². The number of hydrogen-bond donors (Lipinski definition) is 1. The fraction of sp³-hybridized carbons (Fsp3) is 0.688. The van der Waals surface area contributed by atoms with Crippen molar-refractivity contribution in [1.82, 2.24) is 4.98 Å². The standard InChI is InChI=1S/C16H26BN3O2/c1-15(2)16(3,4)22-17(21-15)12-8-9-13(19-14(12)18-5)20-10-6-7-11-20/h8-9H,6-7,10-11H2,1-5H3,(H,18,19). The molecule has 5 nitrogen and oxygen atoms in total. The van der Waals surface area contributed by atoms with Gasteiger partial charge in [0.05, 0.1) is 11.2 Å². The van der Waals surface area contributed by atoms with Gasteiger partial charge in [0.15, 0.2) is 0 Å². The van der Waals surface area contributed by atoms with Gasteiger partial charge < -0.3 is 19.5 Å². The lowest BCUT2D eigenvalue weighted by Crippen LogP contribution is -2.41. The second-order valence-corrected chi connectivity index (χ2v) is 7.14. The first-order valence-electron chi connectivity index (χ1n) is 8.13. The maximum atomic E-state index is 6.14. The molecule has 22 heavy (non-hydrogen) atoms. The van der Waals surface area contributed by atoms with Crippen LogP contribution >= 0.6 is 0 Å². The Morgan fingerprint density at radius 1 is 1.09 bits per heavy atom. The van der Waals surface area contributed by atoms with Crippen molar-refractivity contribution in [3.8, 4) is 0 Å². The van der Waals surface area contributed by atoms with Crippen molar-refractivity contribution in [2.24, 2.45) is 0 Å². The Hall–Kier alpha value is -1.27. The molecule has 2 aliphatic rings. The largest absolute Gasteiger partial charge is 0.498 e. The summed E-state index contributed by atoms with van der Waals surface area (Å²) in [6.45, 7) is 10.4. The van der Waals surface area contributed by atoms with Crippen LogP contribution in [0.25, 0.3) is 0 Å². The van der Waals surface area contributed by atoms with E-state index in [-0.39, 0.29) is 18.3 Å². The molecule has 1 N–H and O–H groups in total.